The number of hydrogen-bond acceptors (Lipinski definition) is 1. The van der Waals surface area contributed by atoms with Gasteiger partial charge in [0.05, 0.1) is 0 Å². The van der Waals surface area contributed by atoms with Crippen LogP contribution in [0.1, 0.15) is 32.1 Å². The molecule has 21 heavy (non-hydrogen) atoms. The molecule has 0 N–H and O–H groups in total. The topological polar surface area (TPSA) is 9.23 Å². The van der Waals surface area contributed by atoms with Crippen LogP contribution in [0.5, 0.6) is 0 Å². The number of fused-ring (bicyclic) bond motifs is 4. The lowest BCUT2D eigenvalue weighted by Crippen LogP contribution is -2.34. The van der Waals surface area contributed by atoms with Crippen LogP contribution in [0.15, 0.2) is 24.3 Å². The maximum absolute atomic E-state index is 6.49. The van der Waals surface area contributed by atoms with Gasteiger partial charge in [0.1, 0.15) is 0 Å². The van der Waals surface area contributed by atoms with Crippen molar-refractivity contribution in [3.05, 3.63) is 24.3 Å². The highest BCUT2D eigenvalue weighted by molar-refractivity contribution is 6.71. The minimum Gasteiger partial charge on any atom is -0.417 e. The summed E-state index contributed by atoms with van der Waals surface area (Å²) >= 11 is 0. The first kappa shape index (κ1) is 14.3. The van der Waals surface area contributed by atoms with E-state index in [2.05, 4.69) is 37.4 Å². The molecule has 2 saturated carbocycles. The second kappa shape index (κ2) is 5.38. The van der Waals surface area contributed by atoms with Crippen molar-refractivity contribution in [1.82, 2.24) is 0 Å². The fourth-order valence-corrected chi connectivity index (χ4v) is 7.13. The molecule has 4 rings (SSSR count). The zero-order valence-corrected chi connectivity index (χ0v) is 14.6. The molecule has 0 aliphatic heterocycles. The van der Waals surface area contributed by atoms with E-state index in [1.807, 2.05) is 0 Å². The Hall–Kier alpha value is -0.343. The summed E-state index contributed by atoms with van der Waals surface area (Å²) in [6.07, 6.45) is 17.0. The van der Waals surface area contributed by atoms with Crippen LogP contribution in [-0.4, -0.2) is 14.9 Å². The van der Waals surface area contributed by atoms with Crippen molar-refractivity contribution in [1.29, 1.82) is 0 Å². The highest BCUT2D eigenvalue weighted by atomic mass is 28.4. The summed E-state index contributed by atoms with van der Waals surface area (Å²) in [7, 11) is -1.44. The lowest BCUT2D eigenvalue weighted by Gasteiger charge is -2.29. The van der Waals surface area contributed by atoms with Crippen LogP contribution >= 0.6 is 0 Å². The molecule has 0 heterocycles. The first-order chi connectivity index (χ1) is 10.1. The van der Waals surface area contributed by atoms with Gasteiger partial charge >= 0.3 is 0 Å². The van der Waals surface area contributed by atoms with Crippen LogP contribution in [-0.2, 0) is 4.43 Å². The van der Waals surface area contributed by atoms with Crippen molar-refractivity contribution < 1.29 is 4.43 Å². The molecule has 0 aromatic rings. The lowest BCUT2D eigenvalue weighted by molar-refractivity contribution is 0.217. The van der Waals surface area contributed by atoms with Gasteiger partial charge in [-0.2, -0.15) is 0 Å². The minimum absolute atomic E-state index is 0.831. The molecule has 0 aromatic carbocycles. The van der Waals surface area contributed by atoms with E-state index < -0.39 is 8.32 Å². The predicted molar refractivity (Wildman–Crippen MR) is 90.5 cm³/mol. The van der Waals surface area contributed by atoms with Crippen LogP contribution in [0, 0.1) is 35.5 Å². The van der Waals surface area contributed by atoms with Crippen molar-refractivity contribution in [2.45, 2.75) is 51.2 Å². The smallest absolute Gasteiger partial charge is 0.186 e. The largest absolute Gasteiger partial charge is 0.417 e. The molecular formula is C19H30OSi. The van der Waals surface area contributed by atoms with Crippen molar-refractivity contribution in [3.63, 3.8) is 0 Å². The van der Waals surface area contributed by atoms with Gasteiger partial charge in [-0.05, 0) is 80.3 Å². The predicted octanol–water partition coefficient (Wildman–Crippen LogP) is 5.02. The first-order valence-electron chi connectivity index (χ1n) is 9.10. The Bertz CT molecular complexity index is 412. The lowest BCUT2D eigenvalue weighted by atomic mass is 9.91. The van der Waals surface area contributed by atoms with E-state index in [0.717, 1.165) is 42.1 Å². The van der Waals surface area contributed by atoms with Crippen LogP contribution in [0.4, 0.5) is 0 Å². The molecule has 0 aromatic heterocycles. The van der Waals surface area contributed by atoms with Gasteiger partial charge in [0.25, 0.3) is 0 Å². The second-order valence-corrected chi connectivity index (χ2v) is 13.0. The summed E-state index contributed by atoms with van der Waals surface area (Å²) in [6, 6.07) is 1.37. The van der Waals surface area contributed by atoms with Gasteiger partial charge in [-0.1, -0.05) is 30.7 Å². The summed E-state index contributed by atoms with van der Waals surface area (Å²) in [5, 5.41) is 0. The van der Waals surface area contributed by atoms with Gasteiger partial charge in [-0.15, -0.1) is 0 Å². The molecule has 4 aliphatic carbocycles. The minimum atomic E-state index is -1.44. The average Bonchev–Trinajstić information content (AvgIpc) is 3.22. The van der Waals surface area contributed by atoms with E-state index in [1.54, 1.807) is 0 Å². The maximum Gasteiger partial charge on any atom is 0.186 e. The second-order valence-electron chi connectivity index (χ2n) is 8.69. The van der Waals surface area contributed by atoms with Crippen LogP contribution in [0.2, 0.25) is 19.1 Å². The Balaban J connectivity index is 1.23. The number of allylic oxidation sites excluding steroid dienone is 4. The normalized spacial score (nSPS) is 43.3. The van der Waals surface area contributed by atoms with Gasteiger partial charge in [-0.3, -0.25) is 0 Å². The highest BCUT2D eigenvalue weighted by Crippen LogP contribution is 2.46. The molecule has 0 spiro atoms. The van der Waals surface area contributed by atoms with Crippen LogP contribution in [0.3, 0.4) is 0 Å². The number of rotatable bonds is 6. The van der Waals surface area contributed by atoms with Crippen molar-refractivity contribution in [2.75, 3.05) is 6.61 Å². The van der Waals surface area contributed by atoms with E-state index in [1.165, 1.54) is 38.1 Å². The van der Waals surface area contributed by atoms with Gasteiger partial charge < -0.3 is 4.43 Å². The molecule has 116 valence electrons. The molecule has 6 unspecified atom stereocenters. The van der Waals surface area contributed by atoms with E-state index in [4.69, 9.17) is 4.43 Å². The molecule has 6 atom stereocenters. The molecule has 0 saturated heterocycles. The van der Waals surface area contributed by atoms with E-state index in [0.29, 0.717) is 0 Å². The molecule has 4 bridgehead atoms. The van der Waals surface area contributed by atoms with Crippen molar-refractivity contribution >= 4 is 8.32 Å². The first-order valence-corrected chi connectivity index (χ1v) is 12.2. The molecule has 0 radical (unpaired) electrons. The Morgan fingerprint density at radius 1 is 0.857 bits per heavy atom. The number of hydrogen-bond donors (Lipinski definition) is 0. The van der Waals surface area contributed by atoms with E-state index in [-0.39, 0.29) is 0 Å². The molecule has 2 heteroatoms. The van der Waals surface area contributed by atoms with Gasteiger partial charge in [-0.25, -0.2) is 0 Å². The Morgan fingerprint density at radius 2 is 1.48 bits per heavy atom. The fourth-order valence-electron chi connectivity index (χ4n) is 5.25. The van der Waals surface area contributed by atoms with Gasteiger partial charge in [0, 0.05) is 6.61 Å². The monoisotopic (exact) mass is 302 g/mol. The summed E-state index contributed by atoms with van der Waals surface area (Å²) < 4.78 is 6.49. The zero-order chi connectivity index (χ0) is 14.4. The Labute approximate surface area is 131 Å². The molecule has 1 nitrogen and oxygen atoms in total. The van der Waals surface area contributed by atoms with Crippen molar-refractivity contribution in [2.24, 2.45) is 35.5 Å². The third-order valence-electron chi connectivity index (χ3n) is 6.64. The summed E-state index contributed by atoms with van der Waals surface area (Å²) in [4.78, 5) is 0. The van der Waals surface area contributed by atoms with Gasteiger partial charge in [0.2, 0.25) is 0 Å². The quantitative estimate of drug-likeness (QED) is 0.494. The third-order valence-corrected chi connectivity index (χ3v) is 9.08. The van der Waals surface area contributed by atoms with E-state index in [9.17, 15) is 0 Å². The third kappa shape index (κ3) is 2.94. The highest BCUT2D eigenvalue weighted by Gasteiger charge is 2.38. The molecule has 2 fully saturated rings. The maximum atomic E-state index is 6.49. The molecular weight excluding hydrogens is 272 g/mol. The fraction of sp³-hybridized carbons (Fsp3) is 0.789. The average molecular weight is 303 g/mol. The molecule has 0 amide bonds. The van der Waals surface area contributed by atoms with Crippen LogP contribution < -0.4 is 0 Å². The van der Waals surface area contributed by atoms with Gasteiger partial charge in [0.15, 0.2) is 8.32 Å². The zero-order valence-electron chi connectivity index (χ0n) is 13.6. The Morgan fingerprint density at radius 3 is 2.00 bits per heavy atom. The van der Waals surface area contributed by atoms with E-state index >= 15 is 0 Å². The summed E-state index contributed by atoms with van der Waals surface area (Å²) in [5.41, 5.74) is 0. The Kier molecular flexibility index (Phi) is 3.65. The van der Waals surface area contributed by atoms with Crippen molar-refractivity contribution in [3.8, 4) is 0 Å². The standard InChI is InChI=1S/C19H30OSi/c1-21(2,8-7-18-11-14-3-5-16(18)9-14)20-13-19-12-15-4-6-17(19)10-15/h3-6,14-19H,7-13H2,1-2H3. The van der Waals surface area contributed by atoms with Crippen LogP contribution in [0.25, 0.3) is 0 Å². The summed E-state index contributed by atoms with van der Waals surface area (Å²) in [5.74, 6) is 5.37. The summed E-state index contributed by atoms with van der Waals surface area (Å²) in [6.45, 7) is 5.93. The molecule has 4 aliphatic rings. The SMILES string of the molecule is C[Si](C)(CCC1CC2C=CC1C2)OCC1CC2C=CC1C2.